The van der Waals surface area contributed by atoms with E-state index in [1.807, 2.05) is 20.8 Å². The molecule has 0 bridgehead atoms. The van der Waals surface area contributed by atoms with Gasteiger partial charge in [-0.3, -0.25) is 0 Å². The van der Waals surface area contributed by atoms with Crippen LogP contribution in [-0.4, -0.2) is 24.1 Å². The summed E-state index contributed by atoms with van der Waals surface area (Å²) in [6.45, 7) is 3.72. The monoisotopic (exact) mass is 386 g/mol. The molecular weight excluding hydrogens is 365 g/mol. The van der Waals surface area contributed by atoms with Crippen LogP contribution >= 0.6 is 11.3 Å². The maximum atomic E-state index is 14.0. The molecule has 5 nitrogen and oxygen atoms in total. The molecule has 0 radical (unpaired) electrons. The SMILES string of the molecule is CCNC(=NCc1c(F)cccc1OC(F)F)NCc1sc(C)nc1C. The highest BCUT2D eigenvalue weighted by Gasteiger charge is 2.14. The van der Waals surface area contributed by atoms with Crippen molar-refractivity contribution in [3.05, 3.63) is 45.2 Å². The number of ether oxygens (including phenoxy) is 1. The number of alkyl halides is 2. The molecule has 0 aliphatic rings. The van der Waals surface area contributed by atoms with Gasteiger partial charge in [-0.25, -0.2) is 14.4 Å². The Morgan fingerprint density at radius 2 is 2.08 bits per heavy atom. The van der Waals surface area contributed by atoms with E-state index in [2.05, 4.69) is 25.3 Å². The number of aromatic nitrogens is 1. The molecule has 0 unspecified atom stereocenters. The molecule has 0 spiro atoms. The summed E-state index contributed by atoms with van der Waals surface area (Å²) >= 11 is 1.58. The molecule has 0 saturated heterocycles. The van der Waals surface area contributed by atoms with Crippen LogP contribution in [0.4, 0.5) is 13.2 Å². The van der Waals surface area contributed by atoms with Gasteiger partial charge in [0.15, 0.2) is 5.96 Å². The zero-order valence-electron chi connectivity index (χ0n) is 14.8. The summed E-state index contributed by atoms with van der Waals surface area (Å²) in [5.41, 5.74) is 0.924. The van der Waals surface area contributed by atoms with Gasteiger partial charge < -0.3 is 15.4 Å². The fraction of sp³-hybridized carbons (Fsp3) is 0.412. The highest BCUT2D eigenvalue weighted by molar-refractivity contribution is 7.11. The lowest BCUT2D eigenvalue weighted by Crippen LogP contribution is -2.36. The van der Waals surface area contributed by atoms with E-state index in [1.54, 1.807) is 11.3 Å². The molecule has 0 fully saturated rings. The number of guanidine groups is 1. The number of rotatable bonds is 7. The average molecular weight is 386 g/mol. The Hall–Kier alpha value is -2.29. The maximum Gasteiger partial charge on any atom is 0.387 e. The normalized spacial score (nSPS) is 11.7. The summed E-state index contributed by atoms with van der Waals surface area (Å²) in [5, 5.41) is 7.15. The third kappa shape index (κ3) is 5.62. The molecule has 1 heterocycles. The summed E-state index contributed by atoms with van der Waals surface area (Å²) in [6, 6.07) is 3.80. The van der Waals surface area contributed by atoms with Crippen LogP contribution in [0.1, 0.15) is 28.1 Å². The summed E-state index contributed by atoms with van der Waals surface area (Å²) < 4.78 is 43.4. The van der Waals surface area contributed by atoms with E-state index < -0.39 is 12.4 Å². The van der Waals surface area contributed by atoms with Crippen LogP contribution in [0.2, 0.25) is 0 Å². The molecule has 2 rings (SSSR count). The molecule has 9 heteroatoms. The second-order valence-corrected chi connectivity index (χ2v) is 6.67. The Morgan fingerprint density at radius 3 is 2.69 bits per heavy atom. The van der Waals surface area contributed by atoms with Gasteiger partial charge in [0.1, 0.15) is 11.6 Å². The first-order chi connectivity index (χ1) is 12.4. The smallest absolute Gasteiger partial charge is 0.387 e. The van der Waals surface area contributed by atoms with Crippen LogP contribution in [-0.2, 0) is 13.1 Å². The number of hydrogen-bond donors (Lipinski definition) is 2. The lowest BCUT2D eigenvalue weighted by atomic mass is 10.2. The van der Waals surface area contributed by atoms with Gasteiger partial charge in [0.25, 0.3) is 0 Å². The quantitative estimate of drug-likeness (QED) is 0.562. The van der Waals surface area contributed by atoms with E-state index in [-0.39, 0.29) is 17.9 Å². The zero-order chi connectivity index (χ0) is 19.1. The number of aliphatic imine (C=N–C) groups is 1. The minimum absolute atomic E-state index is 0.0187. The van der Waals surface area contributed by atoms with Gasteiger partial charge in [0, 0.05) is 11.4 Å². The lowest BCUT2D eigenvalue weighted by Gasteiger charge is -2.13. The van der Waals surface area contributed by atoms with Gasteiger partial charge in [-0.15, -0.1) is 11.3 Å². The number of aryl methyl sites for hydroxylation is 2. The molecule has 0 aliphatic carbocycles. The maximum absolute atomic E-state index is 14.0. The van der Waals surface area contributed by atoms with Gasteiger partial charge in [0.2, 0.25) is 0 Å². The summed E-state index contributed by atoms with van der Waals surface area (Å²) in [5.74, 6) is -0.408. The summed E-state index contributed by atoms with van der Waals surface area (Å²) in [7, 11) is 0. The second kappa shape index (κ2) is 9.42. The first-order valence-corrected chi connectivity index (χ1v) is 8.89. The molecule has 0 aliphatic heterocycles. The van der Waals surface area contributed by atoms with Crippen molar-refractivity contribution < 1.29 is 17.9 Å². The van der Waals surface area contributed by atoms with E-state index in [4.69, 9.17) is 0 Å². The molecule has 2 N–H and O–H groups in total. The Morgan fingerprint density at radius 1 is 1.31 bits per heavy atom. The highest BCUT2D eigenvalue weighted by atomic mass is 32.1. The van der Waals surface area contributed by atoms with Crippen LogP contribution in [0, 0.1) is 19.7 Å². The topological polar surface area (TPSA) is 58.5 Å². The summed E-state index contributed by atoms with van der Waals surface area (Å²) in [4.78, 5) is 9.71. The minimum Gasteiger partial charge on any atom is -0.434 e. The number of nitrogens with one attached hydrogen (secondary N) is 2. The Labute approximate surface area is 154 Å². The molecule has 0 saturated carbocycles. The van der Waals surface area contributed by atoms with Crippen molar-refractivity contribution in [2.24, 2.45) is 4.99 Å². The first-order valence-electron chi connectivity index (χ1n) is 8.08. The lowest BCUT2D eigenvalue weighted by molar-refractivity contribution is -0.0506. The third-order valence-corrected chi connectivity index (χ3v) is 4.52. The Bertz CT molecular complexity index is 764. The molecule has 26 heavy (non-hydrogen) atoms. The number of nitrogens with zero attached hydrogens (tertiary/aromatic N) is 2. The zero-order valence-corrected chi connectivity index (χ0v) is 15.6. The van der Waals surface area contributed by atoms with E-state index in [0.29, 0.717) is 19.0 Å². The van der Waals surface area contributed by atoms with Crippen molar-refractivity contribution in [1.82, 2.24) is 15.6 Å². The van der Waals surface area contributed by atoms with Crippen molar-refractivity contribution in [3.8, 4) is 5.75 Å². The summed E-state index contributed by atoms with van der Waals surface area (Å²) in [6.07, 6.45) is 0. The van der Waals surface area contributed by atoms with E-state index in [1.165, 1.54) is 18.2 Å². The minimum atomic E-state index is -3.02. The first kappa shape index (κ1) is 20.0. The number of thiazole rings is 1. The molecule has 0 amide bonds. The number of hydrogen-bond acceptors (Lipinski definition) is 4. The van der Waals surface area contributed by atoms with Gasteiger partial charge in [-0.2, -0.15) is 8.78 Å². The van der Waals surface area contributed by atoms with Crippen molar-refractivity contribution in [2.45, 2.75) is 40.5 Å². The Balaban J connectivity index is 2.12. The van der Waals surface area contributed by atoms with Crippen molar-refractivity contribution in [2.75, 3.05) is 6.54 Å². The fourth-order valence-corrected chi connectivity index (χ4v) is 3.18. The van der Waals surface area contributed by atoms with E-state index in [9.17, 15) is 13.2 Å². The van der Waals surface area contributed by atoms with Crippen LogP contribution in [0.25, 0.3) is 0 Å². The van der Waals surface area contributed by atoms with Crippen LogP contribution in [0.15, 0.2) is 23.2 Å². The molecule has 1 aromatic heterocycles. The second-order valence-electron chi connectivity index (χ2n) is 5.39. The molecule has 142 valence electrons. The third-order valence-electron chi connectivity index (χ3n) is 3.45. The molecule has 1 aromatic carbocycles. The fourth-order valence-electron chi connectivity index (χ4n) is 2.30. The Kier molecular flexibility index (Phi) is 7.26. The predicted octanol–water partition coefficient (Wildman–Crippen LogP) is 3.76. The van der Waals surface area contributed by atoms with E-state index in [0.717, 1.165) is 15.6 Å². The van der Waals surface area contributed by atoms with Gasteiger partial charge in [-0.05, 0) is 32.9 Å². The van der Waals surface area contributed by atoms with Crippen LogP contribution in [0.5, 0.6) is 5.75 Å². The van der Waals surface area contributed by atoms with Gasteiger partial charge in [0.05, 0.1) is 29.4 Å². The molecule has 0 atom stereocenters. The standard InChI is InChI=1S/C17H21F3N4OS/c1-4-21-17(23-9-15-10(2)24-11(3)26-15)22-8-12-13(18)6-5-7-14(12)25-16(19)20/h5-7,16H,4,8-9H2,1-3H3,(H2,21,22,23). The number of halogens is 3. The van der Waals surface area contributed by atoms with Gasteiger partial charge in [-0.1, -0.05) is 6.07 Å². The van der Waals surface area contributed by atoms with Crippen molar-refractivity contribution >= 4 is 17.3 Å². The predicted molar refractivity (Wildman–Crippen MR) is 96.3 cm³/mol. The van der Waals surface area contributed by atoms with E-state index >= 15 is 0 Å². The highest BCUT2D eigenvalue weighted by Crippen LogP contribution is 2.24. The molecule has 2 aromatic rings. The van der Waals surface area contributed by atoms with Crippen LogP contribution in [0.3, 0.4) is 0 Å². The van der Waals surface area contributed by atoms with Crippen LogP contribution < -0.4 is 15.4 Å². The van der Waals surface area contributed by atoms with Crippen molar-refractivity contribution in [3.63, 3.8) is 0 Å². The molecular formula is C17H21F3N4OS. The average Bonchev–Trinajstić information content (AvgIpc) is 2.89. The largest absolute Gasteiger partial charge is 0.434 e. The van der Waals surface area contributed by atoms with Gasteiger partial charge >= 0.3 is 6.61 Å². The number of benzene rings is 1. The van der Waals surface area contributed by atoms with Crippen molar-refractivity contribution in [1.29, 1.82) is 0 Å².